The Balaban J connectivity index is 1.75. The first-order chi connectivity index (χ1) is 12.1. The molecule has 0 aliphatic heterocycles. The summed E-state index contributed by atoms with van der Waals surface area (Å²) in [7, 11) is 1.93. The summed E-state index contributed by atoms with van der Waals surface area (Å²) in [6.45, 7) is 3.48. The number of aromatic nitrogens is 1. The Morgan fingerprint density at radius 2 is 2.04 bits per heavy atom. The van der Waals surface area contributed by atoms with Crippen molar-refractivity contribution in [3.63, 3.8) is 0 Å². The molecule has 0 saturated heterocycles. The summed E-state index contributed by atoms with van der Waals surface area (Å²) in [5, 5.41) is 10.1. The fourth-order valence-corrected chi connectivity index (χ4v) is 2.37. The lowest BCUT2D eigenvalue weighted by molar-refractivity contribution is 0.0525. The molecule has 0 fully saturated rings. The lowest BCUT2D eigenvalue weighted by Gasteiger charge is -2.20. The molecule has 6 nitrogen and oxygen atoms in total. The summed E-state index contributed by atoms with van der Waals surface area (Å²) in [4.78, 5) is 17.7. The highest BCUT2D eigenvalue weighted by Gasteiger charge is 2.11. The minimum absolute atomic E-state index is 0.177. The normalized spacial score (nSPS) is 12.0. The monoisotopic (exact) mass is 344 g/mol. The minimum atomic E-state index is -0.619. The van der Waals surface area contributed by atoms with Crippen LogP contribution in [-0.4, -0.2) is 53.9 Å². The molecule has 1 atom stereocenters. The van der Waals surface area contributed by atoms with E-state index in [1.807, 2.05) is 30.3 Å². The van der Waals surface area contributed by atoms with E-state index in [2.05, 4.69) is 4.98 Å². The van der Waals surface area contributed by atoms with Crippen LogP contribution in [0.25, 0.3) is 0 Å². The number of benzene rings is 1. The van der Waals surface area contributed by atoms with Gasteiger partial charge in [0.1, 0.15) is 18.5 Å². The van der Waals surface area contributed by atoms with E-state index in [4.69, 9.17) is 9.47 Å². The predicted molar refractivity (Wildman–Crippen MR) is 94.5 cm³/mol. The van der Waals surface area contributed by atoms with Gasteiger partial charge in [0.25, 0.3) is 0 Å². The van der Waals surface area contributed by atoms with Crippen molar-refractivity contribution in [1.29, 1.82) is 0 Å². The zero-order valence-corrected chi connectivity index (χ0v) is 14.6. The summed E-state index contributed by atoms with van der Waals surface area (Å²) in [5.74, 6) is 0.244. The first-order valence-corrected chi connectivity index (χ1v) is 8.24. The second-order valence-electron chi connectivity index (χ2n) is 5.77. The highest BCUT2D eigenvalue weighted by atomic mass is 16.5. The Bertz CT molecular complexity index is 646. The van der Waals surface area contributed by atoms with Gasteiger partial charge in [-0.15, -0.1) is 0 Å². The maximum absolute atomic E-state index is 11.6. The maximum atomic E-state index is 11.6. The molecule has 0 radical (unpaired) electrons. The number of pyridine rings is 1. The van der Waals surface area contributed by atoms with E-state index >= 15 is 0 Å². The zero-order valence-electron chi connectivity index (χ0n) is 14.6. The van der Waals surface area contributed by atoms with Gasteiger partial charge < -0.3 is 14.6 Å². The molecular formula is C19H24N2O4. The van der Waals surface area contributed by atoms with Gasteiger partial charge in [-0.1, -0.05) is 6.07 Å². The van der Waals surface area contributed by atoms with Crippen LogP contribution in [0.15, 0.2) is 48.8 Å². The van der Waals surface area contributed by atoms with Gasteiger partial charge in [-0.05, 0) is 49.9 Å². The highest BCUT2D eigenvalue weighted by molar-refractivity contribution is 5.89. The van der Waals surface area contributed by atoms with Crippen molar-refractivity contribution in [3.05, 3.63) is 59.9 Å². The number of carbonyl (C=O) groups is 1. The van der Waals surface area contributed by atoms with Crippen LogP contribution in [0.1, 0.15) is 22.8 Å². The van der Waals surface area contributed by atoms with Crippen LogP contribution >= 0.6 is 0 Å². The number of carbonyl (C=O) groups excluding carboxylic acids is 1. The van der Waals surface area contributed by atoms with Gasteiger partial charge in [0, 0.05) is 25.5 Å². The molecule has 2 rings (SSSR count). The van der Waals surface area contributed by atoms with Gasteiger partial charge in [0.2, 0.25) is 0 Å². The average molecular weight is 344 g/mol. The number of hydrogen-bond acceptors (Lipinski definition) is 6. The summed E-state index contributed by atoms with van der Waals surface area (Å²) in [6, 6.07) is 10.6. The molecule has 1 N–H and O–H groups in total. The van der Waals surface area contributed by atoms with Crippen LogP contribution in [0.3, 0.4) is 0 Å². The van der Waals surface area contributed by atoms with E-state index in [0.717, 1.165) is 5.56 Å². The molecule has 2 aromatic rings. The average Bonchev–Trinajstić information content (AvgIpc) is 2.61. The maximum Gasteiger partial charge on any atom is 0.338 e. The lowest BCUT2D eigenvalue weighted by Crippen LogP contribution is -2.32. The SMILES string of the molecule is CCOC(=O)c1ccc(OC[C@@H](O)CN(C)Cc2cccnc2)cc1. The topological polar surface area (TPSA) is 71.9 Å². The van der Waals surface area contributed by atoms with Gasteiger partial charge in [0.15, 0.2) is 0 Å². The molecule has 25 heavy (non-hydrogen) atoms. The molecule has 0 unspecified atom stereocenters. The summed E-state index contributed by atoms with van der Waals surface area (Å²) in [5.41, 5.74) is 1.57. The van der Waals surface area contributed by atoms with Crippen molar-refractivity contribution in [2.24, 2.45) is 0 Å². The van der Waals surface area contributed by atoms with E-state index in [9.17, 15) is 9.90 Å². The Morgan fingerprint density at radius 1 is 1.28 bits per heavy atom. The van der Waals surface area contributed by atoms with Crippen LogP contribution in [0.5, 0.6) is 5.75 Å². The molecule has 6 heteroatoms. The van der Waals surface area contributed by atoms with Gasteiger partial charge in [-0.25, -0.2) is 4.79 Å². The number of rotatable bonds is 9. The molecule has 0 amide bonds. The Kier molecular flexibility index (Phi) is 7.37. The van der Waals surface area contributed by atoms with E-state index in [0.29, 0.717) is 31.0 Å². The van der Waals surface area contributed by atoms with Gasteiger partial charge in [-0.3, -0.25) is 9.88 Å². The number of aliphatic hydroxyl groups is 1. The van der Waals surface area contributed by atoms with E-state index in [-0.39, 0.29) is 12.6 Å². The summed E-state index contributed by atoms with van der Waals surface area (Å²) in [6.07, 6.45) is 2.93. The molecular weight excluding hydrogens is 320 g/mol. The fraction of sp³-hybridized carbons (Fsp3) is 0.368. The Morgan fingerprint density at radius 3 is 2.68 bits per heavy atom. The molecule has 0 spiro atoms. The van der Waals surface area contributed by atoms with Crippen molar-refractivity contribution in [3.8, 4) is 5.75 Å². The number of ether oxygens (including phenoxy) is 2. The molecule has 134 valence electrons. The summed E-state index contributed by atoms with van der Waals surface area (Å²) < 4.78 is 10.5. The largest absolute Gasteiger partial charge is 0.491 e. The standard InChI is InChI=1S/C19H24N2O4/c1-3-24-19(23)16-6-8-18(9-7-16)25-14-17(22)13-21(2)12-15-5-4-10-20-11-15/h4-11,17,22H,3,12-14H2,1-2H3/t17-/m0/s1. The minimum Gasteiger partial charge on any atom is -0.491 e. The molecule has 1 aromatic carbocycles. The first-order valence-electron chi connectivity index (χ1n) is 8.24. The van der Waals surface area contributed by atoms with Crippen LogP contribution in [-0.2, 0) is 11.3 Å². The number of esters is 1. The van der Waals surface area contributed by atoms with Crippen LogP contribution in [0, 0.1) is 0 Å². The summed E-state index contributed by atoms with van der Waals surface area (Å²) >= 11 is 0. The van der Waals surface area contributed by atoms with Crippen molar-refractivity contribution in [1.82, 2.24) is 9.88 Å². The number of likely N-dealkylation sites (N-methyl/N-ethyl adjacent to an activating group) is 1. The smallest absolute Gasteiger partial charge is 0.338 e. The van der Waals surface area contributed by atoms with Crippen LogP contribution in [0.2, 0.25) is 0 Å². The van der Waals surface area contributed by atoms with Crippen molar-refractivity contribution >= 4 is 5.97 Å². The second-order valence-corrected chi connectivity index (χ2v) is 5.77. The van der Waals surface area contributed by atoms with Crippen LogP contribution in [0.4, 0.5) is 0 Å². The molecule has 1 aromatic heterocycles. The zero-order chi connectivity index (χ0) is 18.1. The third-order valence-electron chi connectivity index (χ3n) is 3.51. The predicted octanol–water partition coefficient (Wildman–Crippen LogP) is 2.13. The highest BCUT2D eigenvalue weighted by Crippen LogP contribution is 2.13. The molecule has 1 heterocycles. The third kappa shape index (κ3) is 6.52. The molecule has 0 aliphatic rings. The molecule has 0 bridgehead atoms. The van der Waals surface area contributed by atoms with Crippen molar-refractivity contribution in [2.45, 2.75) is 19.6 Å². The van der Waals surface area contributed by atoms with Crippen molar-refractivity contribution in [2.75, 3.05) is 26.8 Å². The number of nitrogens with zero attached hydrogens (tertiary/aromatic N) is 2. The first kappa shape index (κ1) is 18.9. The van der Waals surface area contributed by atoms with Gasteiger partial charge in [0.05, 0.1) is 12.2 Å². The van der Waals surface area contributed by atoms with E-state index in [1.54, 1.807) is 37.4 Å². The lowest BCUT2D eigenvalue weighted by atomic mass is 10.2. The number of hydrogen-bond donors (Lipinski definition) is 1. The third-order valence-corrected chi connectivity index (χ3v) is 3.51. The quantitative estimate of drug-likeness (QED) is 0.703. The van der Waals surface area contributed by atoms with Gasteiger partial charge in [-0.2, -0.15) is 0 Å². The van der Waals surface area contributed by atoms with Crippen LogP contribution < -0.4 is 4.74 Å². The second kappa shape index (κ2) is 9.76. The van der Waals surface area contributed by atoms with Crippen molar-refractivity contribution < 1.29 is 19.4 Å². The fourth-order valence-electron chi connectivity index (χ4n) is 2.37. The number of aliphatic hydroxyl groups excluding tert-OH is 1. The molecule has 0 saturated carbocycles. The Hall–Kier alpha value is -2.44. The van der Waals surface area contributed by atoms with Gasteiger partial charge >= 0.3 is 5.97 Å². The molecule has 0 aliphatic carbocycles. The Labute approximate surface area is 148 Å². The van der Waals surface area contributed by atoms with E-state index < -0.39 is 6.10 Å². The van der Waals surface area contributed by atoms with E-state index in [1.165, 1.54) is 0 Å².